The Balaban J connectivity index is 1.35. The van der Waals surface area contributed by atoms with Crippen LogP contribution >= 0.6 is 23.1 Å². The van der Waals surface area contributed by atoms with Crippen LogP contribution in [-0.2, 0) is 25.7 Å². The number of thiazole rings is 1. The Kier molecular flexibility index (Phi) is 9.51. The van der Waals surface area contributed by atoms with Crippen molar-refractivity contribution in [3.05, 3.63) is 104 Å². The number of ether oxygens (including phenoxy) is 1. The van der Waals surface area contributed by atoms with E-state index in [1.807, 2.05) is 24.3 Å². The topological polar surface area (TPSA) is 118 Å². The zero-order chi connectivity index (χ0) is 34.1. The summed E-state index contributed by atoms with van der Waals surface area (Å²) < 4.78 is 20.1. The predicted molar refractivity (Wildman–Crippen MR) is 183 cm³/mol. The van der Waals surface area contributed by atoms with E-state index in [9.17, 15) is 28.4 Å². The first-order valence-corrected chi connectivity index (χ1v) is 17.3. The van der Waals surface area contributed by atoms with Gasteiger partial charge in [0.25, 0.3) is 0 Å². The standard InChI is InChI=1S/C35H33FN4O6S2/c1-4-38(5-2)24-15-9-20(10-16-24)27-28-29(32(43)40(31(28)42)25-17-11-22(36)12-18-25)47-33-30(27)48-35(45)39(33)19-26(41)37-23-13-7-21(8-14-23)34(44)46-6-3/h7-18,27-29H,4-6,19H2,1-3H3,(H,37,41). The lowest BCUT2D eigenvalue weighted by Gasteiger charge is -2.31. The van der Waals surface area contributed by atoms with Crippen LogP contribution in [0.25, 0.3) is 0 Å². The fraction of sp³-hybridized carbons (Fsp3) is 0.286. The molecule has 1 fully saturated rings. The molecule has 3 unspecified atom stereocenters. The van der Waals surface area contributed by atoms with Crippen LogP contribution in [-0.4, -0.2) is 53.2 Å². The third-order valence-corrected chi connectivity index (χ3v) is 11.1. The van der Waals surface area contributed by atoms with Crippen LogP contribution in [0.1, 0.15) is 47.5 Å². The molecule has 2 aliphatic heterocycles. The number of thioether (sulfide) groups is 1. The first-order valence-electron chi connectivity index (χ1n) is 15.6. The minimum absolute atomic E-state index is 0.239. The van der Waals surface area contributed by atoms with E-state index in [4.69, 9.17) is 4.74 Å². The lowest BCUT2D eigenvalue weighted by Crippen LogP contribution is -2.33. The van der Waals surface area contributed by atoms with E-state index in [2.05, 4.69) is 24.1 Å². The summed E-state index contributed by atoms with van der Waals surface area (Å²) in [5, 5.41) is 2.34. The SMILES string of the molecule is CCOC(=O)c1ccc(NC(=O)Cn2c3c(sc2=O)C(c2ccc(N(CC)CC)cc2)C2C(=O)N(c4ccc(F)cc4)C(=O)C2S3)cc1. The smallest absolute Gasteiger partial charge is 0.338 e. The number of nitrogens with one attached hydrogen (secondary N) is 1. The molecule has 1 N–H and O–H groups in total. The number of aromatic nitrogens is 1. The maximum Gasteiger partial charge on any atom is 0.338 e. The second-order valence-corrected chi connectivity index (χ2v) is 13.4. The number of carbonyl (C=O) groups is 4. The summed E-state index contributed by atoms with van der Waals surface area (Å²) in [6.07, 6.45) is 0. The molecule has 6 rings (SSSR count). The maximum absolute atomic E-state index is 14.1. The number of fused-ring (bicyclic) bond motifs is 2. The highest BCUT2D eigenvalue weighted by molar-refractivity contribution is 8.00. The van der Waals surface area contributed by atoms with Gasteiger partial charge in [-0.05, 0) is 87.0 Å². The predicted octanol–water partition coefficient (Wildman–Crippen LogP) is 5.51. The normalized spacial score (nSPS) is 18.3. The highest BCUT2D eigenvalue weighted by Gasteiger charge is 2.56. The summed E-state index contributed by atoms with van der Waals surface area (Å²) in [6.45, 7) is 7.38. The number of carbonyl (C=O) groups excluding carboxylic acids is 4. The highest BCUT2D eigenvalue weighted by atomic mass is 32.2. The first-order chi connectivity index (χ1) is 23.1. The first kappa shape index (κ1) is 33.2. The van der Waals surface area contributed by atoms with Gasteiger partial charge in [-0.2, -0.15) is 0 Å². The number of hydrogen-bond acceptors (Lipinski definition) is 9. The van der Waals surface area contributed by atoms with Crippen molar-refractivity contribution >= 4 is 63.9 Å². The number of imide groups is 1. The van der Waals surface area contributed by atoms with Gasteiger partial charge in [0.2, 0.25) is 17.7 Å². The number of hydrogen-bond donors (Lipinski definition) is 1. The fourth-order valence-electron chi connectivity index (χ4n) is 6.19. The molecule has 0 spiro atoms. The van der Waals surface area contributed by atoms with Crippen molar-refractivity contribution in [1.82, 2.24) is 4.57 Å². The molecule has 1 saturated heterocycles. The second kappa shape index (κ2) is 13.8. The van der Waals surface area contributed by atoms with Crippen molar-refractivity contribution in [3.8, 4) is 0 Å². The number of rotatable bonds is 10. The summed E-state index contributed by atoms with van der Waals surface area (Å²) in [7, 11) is 0. The summed E-state index contributed by atoms with van der Waals surface area (Å²) >= 11 is 2.07. The molecule has 3 aromatic carbocycles. The quantitative estimate of drug-likeness (QED) is 0.171. The number of amides is 3. The Bertz CT molecular complexity index is 1920. The molecule has 4 aromatic rings. The van der Waals surface area contributed by atoms with Gasteiger partial charge in [-0.25, -0.2) is 14.1 Å². The third-order valence-electron chi connectivity index (χ3n) is 8.50. The summed E-state index contributed by atoms with van der Waals surface area (Å²) in [5.74, 6) is -3.79. The Hall–Kier alpha value is -4.75. The molecule has 0 bridgehead atoms. The van der Waals surface area contributed by atoms with Crippen molar-refractivity contribution in [3.63, 3.8) is 0 Å². The number of esters is 1. The molecule has 3 atom stereocenters. The van der Waals surface area contributed by atoms with Gasteiger partial charge in [0.05, 0.1) is 28.8 Å². The van der Waals surface area contributed by atoms with E-state index >= 15 is 0 Å². The molecule has 48 heavy (non-hydrogen) atoms. The molecule has 3 heterocycles. The van der Waals surface area contributed by atoms with Gasteiger partial charge in [0, 0.05) is 35.3 Å². The van der Waals surface area contributed by atoms with Crippen LogP contribution in [0.5, 0.6) is 0 Å². The molecule has 0 radical (unpaired) electrons. The number of anilines is 3. The highest BCUT2D eigenvalue weighted by Crippen LogP contribution is 2.54. The minimum Gasteiger partial charge on any atom is -0.462 e. The van der Waals surface area contributed by atoms with Gasteiger partial charge < -0.3 is 15.0 Å². The van der Waals surface area contributed by atoms with Crippen molar-refractivity contribution in [1.29, 1.82) is 0 Å². The Labute approximate surface area is 284 Å². The molecule has 0 aliphatic carbocycles. The molecule has 0 saturated carbocycles. The van der Waals surface area contributed by atoms with E-state index < -0.39 is 46.6 Å². The van der Waals surface area contributed by atoms with Gasteiger partial charge in [-0.15, -0.1) is 0 Å². The van der Waals surface area contributed by atoms with Crippen LogP contribution in [0.3, 0.4) is 0 Å². The largest absolute Gasteiger partial charge is 0.462 e. The third kappa shape index (κ3) is 6.15. The van der Waals surface area contributed by atoms with Crippen molar-refractivity contribution in [2.24, 2.45) is 5.92 Å². The van der Waals surface area contributed by atoms with E-state index in [-0.39, 0.29) is 23.7 Å². The monoisotopic (exact) mass is 688 g/mol. The average Bonchev–Trinajstić information content (AvgIpc) is 3.52. The van der Waals surface area contributed by atoms with Crippen LogP contribution in [0.4, 0.5) is 21.5 Å². The summed E-state index contributed by atoms with van der Waals surface area (Å²) in [4.78, 5) is 70.2. The van der Waals surface area contributed by atoms with Crippen LogP contribution in [0.15, 0.2) is 82.6 Å². The molecule has 2 aliphatic rings. The van der Waals surface area contributed by atoms with E-state index in [1.54, 1.807) is 19.1 Å². The fourth-order valence-corrected chi connectivity index (χ4v) is 8.96. The molecule has 248 valence electrons. The molecular formula is C35H33FN4O6S2. The zero-order valence-electron chi connectivity index (χ0n) is 26.5. The Morgan fingerprint density at radius 2 is 1.56 bits per heavy atom. The van der Waals surface area contributed by atoms with Gasteiger partial charge in [-0.3, -0.25) is 23.7 Å². The molecule has 10 nitrogen and oxygen atoms in total. The molecular weight excluding hydrogens is 656 g/mol. The van der Waals surface area contributed by atoms with Crippen LogP contribution in [0.2, 0.25) is 0 Å². The Morgan fingerprint density at radius 3 is 2.19 bits per heavy atom. The molecule has 13 heteroatoms. The Morgan fingerprint density at radius 1 is 0.896 bits per heavy atom. The van der Waals surface area contributed by atoms with E-state index in [0.29, 0.717) is 21.2 Å². The van der Waals surface area contributed by atoms with Crippen LogP contribution < -0.4 is 20.0 Å². The lowest BCUT2D eigenvalue weighted by molar-refractivity contribution is -0.122. The van der Waals surface area contributed by atoms with Gasteiger partial charge in [-0.1, -0.05) is 35.2 Å². The lowest BCUT2D eigenvalue weighted by atomic mass is 9.83. The van der Waals surface area contributed by atoms with Gasteiger partial charge in [0.15, 0.2) is 0 Å². The second-order valence-electron chi connectivity index (χ2n) is 11.3. The number of halogens is 1. The minimum atomic E-state index is -0.874. The van der Waals surface area contributed by atoms with Crippen molar-refractivity contribution in [2.45, 2.75) is 43.5 Å². The zero-order valence-corrected chi connectivity index (χ0v) is 28.1. The van der Waals surface area contributed by atoms with Gasteiger partial charge >= 0.3 is 10.8 Å². The van der Waals surface area contributed by atoms with Crippen LogP contribution in [0, 0.1) is 11.7 Å². The molecule has 1 aromatic heterocycles. The molecule has 3 amide bonds. The van der Waals surface area contributed by atoms with Gasteiger partial charge in [0.1, 0.15) is 17.6 Å². The maximum atomic E-state index is 14.1. The van der Waals surface area contributed by atoms with Crippen molar-refractivity contribution in [2.75, 3.05) is 34.8 Å². The number of nitrogens with zero attached hydrogens (tertiary/aromatic N) is 3. The van der Waals surface area contributed by atoms with E-state index in [1.165, 1.54) is 41.0 Å². The number of benzene rings is 3. The van der Waals surface area contributed by atoms with Crippen molar-refractivity contribution < 1.29 is 28.3 Å². The average molecular weight is 689 g/mol. The van der Waals surface area contributed by atoms with E-state index in [0.717, 1.165) is 52.3 Å². The summed E-state index contributed by atoms with van der Waals surface area (Å²) in [5.41, 5.74) is 2.81. The summed E-state index contributed by atoms with van der Waals surface area (Å²) in [6, 6.07) is 19.2.